The van der Waals surface area contributed by atoms with Crippen molar-refractivity contribution in [2.45, 2.75) is 70.2 Å². The van der Waals surface area contributed by atoms with Gasteiger partial charge in [0.15, 0.2) is 5.96 Å². The fourth-order valence-corrected chi connectivity index (χ4v) is 5.73. The van der Waals surface area contributed by atoms with Crippen LogP contribution in [-0.2, 0) is 14.3 Å². The zero-order valence-corrected chi connectivity index (χ0v) is 22.8. The molecule has 1 fully saturated rings. The number of nitrogens with one attached hydrogen (secondary N) is 1. The molecule has 4 atom stereocenters. The molecular formula is C26H34Cl2N4O4. The Bertz CT molecular complexity index is 1120. The molecule has 3 N–H and O–H groups in total. The minimum atomic E-state index is -0.551. The predicted molar refractivity (Wildman–Crippen MR) is 140 cm³/mol. The van der Waals surface area contributed by atoms with Crippen molar-refractivity contribution in [3.05, 3.63) is 39.9 Å². The number of benzene rings is 1. The summed E-state index contributed by atoms with van der Waals surface area (Å²) in [7, 11) is 1.60. The lowest BCUT2D eigenvalue weighted by atomic mass is 9.89. The number of hydrogen-bond acceptors (Lipinski definition) is 6. The van der Waals surface area contributed by atoms with Crippen LogP contribution >= 0.6 is 23.2 Å². The van der Waals surface area contributed by atoms with Gasteiger partial charge in [-0.25, -0.2) is 4.99 Å². The molecular weight excluding hydrogens is 503 g/mol. The third-order valence-corrected chi connectivity index (χ3v) is 7.33. The summed E-state index contributed by atoms with van der Waals surface area (Å²) in [6.45, 7) is 8.07. The van der Waals surface area contributed by atoms with Crippen LogP contribution < -0.4 is 15.8 Å². The van der Waals surface area contributed by atoms with Gasteiger partial charge in [0, 0.05) is 30.0 Å². The van der Waals surface area contributed by atoms with Crippen molar-refractivity contribution in [1.29, 1.82) is 0 Å². The van der Waals surface area contributed by atoms with Gasteiger partial charge in [-0.3, -0.25) is 14.5 Å². The van der Waals surface area contributed by atoms with E-state index >= 15 is 0 Å². The smallest absolute Gasteiger partial charge is 0.232 e. The van der Waals surface area contributed by atoms with Crippen LogP contribution in [0.25, 0.3) is 0 Å². The van der Waals surface area contributed by atoms with Crippen LogP contribution in [0.5, 0.6) is 5.75 Å². The summed E-state index contributed by atoms with van der Waals surface area (Å²) in [4.78, 5) is 32.5. The van der Waals surface area contributed by atoms with Gasteiger partial charge < -0.3 is 20.5 Å². The first kappa shape index (κ1) is 26.8. The number of nitrogens with two attached hydrogens (primary N) is 1. The predicted octanol–water partition coefficient (Wildman–Crippen LogP) is 4.24. The molecule has 3 unspecified atom stereocenters. The Hall–Kier alpha value is -2.29. The maximum atomic E-state index is 13.4. The van der Waals surface area contributed by atoms with Gasteiger partial charge in [-0.05, 0) is 52.2 Å². The number of fused-ring (bicyclic) bond motifs is 1. The molecule has 196 valence electrons. The molecule has 2 heterocycles. The third kappa shape index (κ3) is 5.66. The number of ether oxygens (including phenoxy) is 2. The Morgan fingerprint density at radius 3 is 2.75 bits per heavy atom. The van der Waals surface area contributed by atoms with Gasteiger partial charge in [0.25, 0.3) is 0 Å². The molecule has 8 nitrogen and oxygen atoms in total. The van der Waals surface area contributed by atoms with Crippen LogP contribution in [0.3, 0.4) is 0 Å². The van der Waals surface area contributed by atoms with Gasteiger partial charge in [0.1, 0.15) is 11.4 Å². The number of hydrogen-bond donors (Lipinski definition) is 2. The normalized spacial score (nSPS) is 27.2. The molecule has 0 aromatic heterocycles. The van der Waals surface area contributed by atoms with E-state index in [0.717, 1.165) is 5.56 Å². The van der Waals surface area contributed by atoms with Crippen LogP contribution in [0.2, 0.25) is 10.0 Å². The lowest BCUT2D eigenvalue weighted by molar-refractivity contribution is -0.131. The van der Waals surface area contributed by atoms with E-state index < -0.39 is 11.1 Å². The van der Waals surface area contributed by atoms with Crippen LogP contribution in [0, 0.1) is 11.8 Å². The van der Waals surface area contributed by atoms with Crippen molar-refractivity contribution >= 4 is 41.0 Å². The highest BCUT2D eigenvalue weighted by atomic mass is 35.5. The van der Waals surface area contributed by atoms with Crippen LogP contribution in [0.4, 0.5) is 0 Å². The van der Waals surface area contributed by atoms with Gasteiger partial charge in [-0.1, -0.05) is 35.4 Å². The minimum Gasteiger partial charge on any atom is -0.486 e. The molecule has 3 aliphatic rings. The Kier molecular flexibility index (Phi) is 7.34. The van der Waals surface area contributed by atoms with Gasteiger partial charge in [0.2, 0.25) is 11.8 Å². The fraction of sp³-hybridized carbons (Fsp3) is 0.577. The van der Waals surface area contributed by atoms with Gasteiger partial charge in [-0.15, -0.1) is 0 Å². The number of carbonyl (C=O) groups is 2. The Balaban J connectivity index is 1.55. The first-order valence-electron chi connectivity index (χ1n) is 12.1. The minimum absolute atomic E-state index is 0.0878. The number of nitrogens with zero attached hydrogens (tertiary/aromatic N) is 2. The number of aliphatic imine (C=N–C) groups is 1. The van der Waals surface area contributed by atoms with Crippen molar-refractivity contribution in [1.82, 2.24) is 10.2 Å². The second-order valence-corrected chi connectivity index (χ2v) is 11.9. The van der Waals surface area contributed by atoms with Crippen molar-refractivity contribution in [3.8, 4) is 5.75 Å². The summed E-state index contributed by atoms with van der Waals surface area (Å²) >= 11 is 12.7. The molecule has 36 heavy (non-hydrogen) atoms. The van der Waals surface area contributed by atoms with E-state index in [2.05, 4.69) is 10.3 Å². The summed E-state index contributed by atoms with van der Waals surface area (Å²) in [5.74, 6) is 0.166. The molecule has 1 saturated carbocycles. The number of methoxy groups -OCH3 is 1. The van der Waals surface area contributed by atoms with Crippen molar-refractivity contribution < 1.29 is 19.1 Å². The van der Waals surface area contributed by atoms with Crippen LogP contribution in [0.1, 0.15) is 58.6 Å². The van der Waals surface area contributed by atoms with E-state index in [9.17, 15) is 9.59 Å². The van der Waals surface area contributed by atoms with Gasteiger partial charge in [-0.2, -0.15) is 0 Å². The summed E-state index contributed by atoms with van der Waals surface area (Å²) in [5.41, 5.74) is 5.94. The second-order valence-electron chi connectivity index (χ2n) is 11.0. The largest absolute Gasteiger partial charge is 0.486 e. The molecule has 1 aliphatic carbocycles. The molecule has 0 bridgehead atoms. The Morgan fingerprint density at radius 2 is 2.08 bits per heavy atom. The molecule has 0 radical (unpaired) electrons. The number of guanidine groups is 1. The van der Waals surface area contributed by atoms with Crippen molar-refractivity contribution in [2.24, 2.45) is 22.6 Å². The Labute approximate surface area is 222 Å². The van der Waals surface area contributed by atoms with E-state index in [-0.39, 0.29) is 48.1 Å². The lowest BCUT2D eigenvalue weighted by Crippen LogP contribution is -2.54. The fourth-order valence-electron chi connectivity index (χ4n) is 5.18. The SMILES string of the molecule is COC/C=C/C([C@H]1CC1C(=O)NC1CC(C)(C)Oc2c(Cl)cc(Cl)cc21)N1C(=O)CC(C)(C)N=C1N. The number of rotatable bonds is 7. The van der Waals surface area contributed by atoms with E-state index in [1.54, 1.807) is 19.2 Å². The summed E-state index contributed by atoms with van der Waals surface area (Å²) in [6, 6.07) is 2.74. The average Bonchev–Trinajstić information content (AvgIpc) is 3.53. The molecule has 0 spiro atoms. The molecule has 2 aliphatic heterocycles. The van der Waals surface area contributed by atoms with E-state index in [4.69, 9.17) is 38.4 Å². The summed E-state index contributed by atoms with van der Waals surface area (Å²) in [5, 5.41) is 4.08. The molecule has 1 aromatic carbocycles. The molecule has 0 saturated heterocycles. The van der Waals surface area contributed by atoms with Crippen LogP contribution in [0.15, 0.2) is 29.3 Å². The number of amides is 2. The maximum Gasteiger partial charge on any atom is 0.232 e. The van der Waals surface area contributed by atoms with Crippen molar-refractivity contribution in [3.63, 3.8) is 0 Å². The van der Waals surface area contributed by atoms with Gasteiger partial charge in [0.05, 0.1) is 35.7 Å². The maximum absolute atomic E-state index is 13.4. The second kappa shape index (κ2) is 9.88. The molecule has 1 aromatic rings. The zero-order chi connectivity index (χ0) is 26.4. The molecule has 4 rings (SSSR count). The van der Waals surface area contributed by atoms with E-state index in [0.29, 0.717) is 35.2 Å². The molecule has 2 amide bonds. The third-order valence-electron chi connectivity index (χ3n) is 6.83. The first-order chi connectivity index (χ1) is 16.8. The summed E-state index contributed by atoms with van der Waals surface area (Å²) < 4.78 is 11.2. The summed E-state index contributed by atoms with van der Waals surface area (Å²) in [6.07, 6.45) is 5.19. The topological polar surface area (TPSA) is 106 Å². The van der Waals surface area contributed by atoms with Crippen LogP contribution in [-0.4, -0.2) is 53.6 Å². The van der Waals surface area contributed by atoms with Crippen molar-refractivity contribution in [2.75, 3.05) is 13.7 Å². The Morgan fingerprint density at radius 1 is 1.36 bits per heavy atom. The number of halogens is 2. The van der Waals surface area contributed by atoms with E-state index in [1.807, 2.05) is 39.8 Å². The lowest BCUT2D eigenvalue weighted by Gasteiger charge is -2.38. The molecule has 10 heteroatoms. The average molecular weight is 537 g/mol. The van der Waals surface area contributed by atoms with E-state index in [1.165, 1.54) is 4.90 Å². The highest BCUT2D eigenvalue weighted by Gasteiger charge is 2.52. The zero-order valence-electron chi connectivity index (χ0n) is 21.3. The quantitative estimate of drug-likeness (QED) is 0.506. The highest BCUT2D eigenvalue weighted by Crippen LogP contribution is 2.48. The van der Waals surface area contributed by atoms with Gasteiger partial charge >= 0.3 is 0 Å². The number of carbonyl (C=O) groups excluding carboxylic acids is 2. The standard InChI is InChI=1S/C26H34Cl2N4O4/c1-25(2)13-21(33)32(24(29)31-25)20(7-6-8-35-5)15-11-16(15)23(34)30-19-12-26(3,4)36-22-17(19)9-14(27)10-18(22)28/h6-7,9-10,15-16,19-20H,8,11-13H2,1-5H3,(H2,29,31)(H,30,34)/b7-6+/t15-,16?,19?,20?/m0/s1. The monoisotopic (exact) mass is 536 g/mol. The highest BCUT2D eigenvalue weighted by molar-refractivity contribution is 6.35. The first-order valence-corrected chi connectivity index (χ1v) is 12.9.